The number of alkyl halides is 5. The molecule has 0 radical (unpaired) electrons. The van der Waals surface area contributed by atoms with Crippen LogP contribution in [0, 0.1) is 11.7 Å². The number of carbonyl (C=O) groups is 1. The van der Waals surface area contributed by atoms with Crippen LogP contribution in [0.2, 0.25) is 0 Å². The smallest absolute Gasteiger partial charge is 0.420 e. The molecule has 1 aliphatic heterocycles. The van der Waals surface area contributed by atoms with Crippen LogP contribution in [-0.4, -0.2) is 33.6 Å². The normalized spacial score (nSPS) is 18.4. The van der Waals surface area contributed by atoms with Gasteiger partial charge >= 0.3 is 6.18 Å². The highest BCUT2D eigenvalue weighted by Crippen LogP contribution is 2.45. The summed E-state index contributed by atoms with van der Waals surface area (Å²) in [5, 5.41) is 0. The molecule has 0 saturated carbocycles. The number of amides is 1. The minimum atomic E-state index is -4.96. The van der Waals surface area contributed by atoms with Gasteiger partial charge in [0.1, 0.15) is 11.6 Å². The molecule has 0 fully saturated rings. The Hall–Kier alpha value is -2.76. The van der Waals surface area contributed by atoms with E-state index in [9.17, 15) is 39.6 Å². The van der Waals surface area contributed by atoms with Gasteiger partial charge < -0.3 is 4.74 Å². The van der Waals surface area contributed by atoms with Gasteiger partial charge in [-0.25, -0.2) is 21.6 Å². The SMILES string of the molecule is COc1cc2c(cc1C(F)(F)F)N(c1ccc(F)cc1)C(=O)C(CCC(F)F)CS2(=O)=O. The zero-order chi connectivity index (χ0) is 23.8. The average molecular weight is 481 g/mol. The highest BCUT2D eigenvalue weighted by Gasteiger charge is 2.42. The van der Waals surface area contributed by atoms with E-state index in [0.717, 1.165) is 31.4 Å². The van der Waals surface area contributed by atoms with E-state index in [0.29, 0.717) is 17.0 Å². The summed E-state index contributed by atoms with van der Waals surface area (Å²) in [6.07, 6.45) is -9.06. The first kappa shape index (κ1) is 23.9. The van der Waals surface area contributed by atoms with E-state index in [1.807, 2.05) is 0 Å². The van der Waals surface area contributed by atoms with Crippen LogP contribution in [0.15, 0.2) is 41.3 Å². The van der Waals surface area contributed by atoms with E-state index in [2.05, 4.69) is 0 Å². The molecule has 0 N–H and O–H groups in total. The summed E-state index contributed by atoms with van der Waals surface area (Å²) >= 11 is 0. The van der Waals surface area contributed by atoms with Crippen molar-refractivity contribution in [2.75, 3.05) is 17.8 Å². The van der Waals surface area contributed by atoms with Crippen molar-refractivity contribution >= 4 is 27.1 Å². The summed E-state index contributed by atoms with van der Waals surface area (Å²) in [5.74, 6) is -4.80. The molecule has 32 heavy (non-hydrogen) atoms. The van der Waals surface area contributed by atoms with Gasteiger partial charge in [-0.1, -0.05) is 0 Å². The molecule has 0 aromatic heterocycles. The first-order valence-electron chi connectivity index (χ1n) is 9.25. The Kier molecular flexibility index (Phi) is 6.45. The fourth-order valence-corrected chi connectivity index (χ4v) is 5.26. The second kappa shape index (κ2) is 8.64. The van der Waals surface area contributed by atoms with Crippen LogP contribution in [-0.2, 0) is 20.8 Å². The predicted octanol–water partition coefficient (Wildman–Crippen LogP) is 4.97. The molecule has 1 aliphatic rings. The summed E-state index contributed by atoms with van der Waals surface area (Å²) < 4.78 is 110. The Balaban J connectivity index is 2.31. The number of benzene rings is 2. The summed E-state index contributed by atoms with van der Waals surface area (Å²) in [5.41, 5.74) is -2.07. The molecule has 12 heteroatoms. The third-order valence-corrected chi connectivity index (χ3v) is 6.81. The van der Waals surface area contributed by atoms with Crippen molar-refractivity contribution in [2.24, 2.45) is 5.92 Å². The number of sulfone groups is 1. The number of rotatable bonds is 5. The Labute approximate surface area is 179 Å². The molecular weight excluding hydrogens is 464 g/mol. The molecule has 3 rings (SSSR count). The number of hydrogen-bond acceptors (Lipinski definition) is 4. The number of carbonyl (C=O) groups excluding carboxylic acids is 1. The second-order valence-electron chi connectivity index (χ2n) is 7.11. The standard InChI is InChI=1S/C20H17F6NO4S/c1-31-16-9-17-15(8-14(16)20(24,25)26)27(13-5-3-12(21)4-6-13)19(28)11(2-7-18(22)23)10-32(17,29)30/h3-6,8-9,11,18H,2,7,10H2,1H3. The lowest BCUT2D eigenvalue weighted by molar-refractivity contribution is -0.138. The molecule has 0 bridgehead atoms. The summed E-state index contributed by atoms with van der Waals surface area (Å²) in [6, 6.07) is 5.15. The molecule has 0 spiro atoms. The molecule has 1 unspecified atom stereocenters. The zero-order valence-electron chi connectivity index (χ0n) is 16.5. The van der Waals surface area contributed by atoms with E-state index < -0.39 is 80.6 Å². The molecule has 0 saturated heterocycles. The van der Waals surface area contributed by atoms with Crippen LogP contribution in [0.4, 0.5) is 37.7 Å². The number of hydrogen-bond donors (Lipinski definition) is 0. The Morgan fingerprint density at radius 3 is 2.31 bits per heavy atom. The quantitative estimate of drug-likeness (QED) is 0.566. The largest absolute Gasteiger partial charge is 0.496 e. The topological polar surface area (TPSA) is 63.7 Å². The number of fused-ring (bicyclic) bond motifs is 1. The first-order valence-corrected chi connectivity index (χ1v) is 10.9. The van der Waals surface area contributed by atoms with Gasteiger partial charge in [0, 0.05) is 18.2 Å². The molecular formula is C20H17F6NO4S. The lowest BCUT2D eigenvalue weighted by atomic mass is 10.0. The van der Waals surface area contributed by atoms with Crippen molar-refractivity contribution in [1.29, 1.82) is 0 Å². The number of anilines is 2. The van der Waals surface area contributed by atoms with Gasteiger partial charge in [0.2, 0.25) is 12.3 Å². The number of ether oxygens (including phenoxy) is 1. The first-order chi connectivity index (χ1) is 14.8. The lowest BCUT2D eigenvalue weighted by Crippen LogP contribution is -2.33. The molecule has 1 heterocycles. The van der Waals surface area contributed by atoms with Gasteiger partial charge in [0.05, 0.1) is 34.9 Å². The maximum Gasteiger partial charge on any atom is 0.420 e. The Bertz CT molecular complexity index is 1120. The van der Waals surface area contributed by atoms with E-state index in [1.54, 1.807) is 0 Å². The van der Waals surface area contributed by atoms with E-state index in [1.165, 1.54) is 0 Å². The van der Waals surface area contributed by atoms with Crippen molar-refractivity contribution in [1.82, 2.24) is 0 Å². The third kappa shape index (κ3) is 4.69. The van der Waals surface area contributed by atoms with Gasteiger partial charge in [0.25, 0.3) is 0 Å². The second-order valence-corrected chi connectivity index (χ2v) is 9.12. The summed E-state index contributed by atoms with van der Waals surface area (Å²) in [6.45, 7) is 0. The van der Waals surface area contributed by atoms with E-state index >= 15 is 0 Å². The molecule has 174 valence electrons. The molecule has 2 aromatic carbocycles. The van der Waals surface area contributed by atoms with Crippen molar-refractivity contribution < 1.29 is 44.3 Å². The fourth-order valence-electron chi connectivity index (χ4n) is 3.48. The summed E-state index contributed by atoms with van der Waals surface area (Å²) in [7, 11) is -3.46. The van der Waals surface area contributed by atoms with Crippen molar-refractivity contribution in [3.8, 4) is 5.75 Å². The molecule has 2 aromatic rings. The van der Waals surface area contributed by atoms with Crippen LogP contribution in [0.5, 0.6) is 5.75 Å². The minimum absolute atomic E-state index is 0.116. The van der Waals surface area contributed by atoms with Crippen LogP contribution in [0.1, 0.15) is 18.4 Å². The Morgan fingerprint density at radius 2 is 1.78 bits per heavy atom. The number of methoxy groups -OCH3 is 1. The van der Waals surface area contributed by atoms with Crippen LogP contribution >= 0.6 is 0 Å². The van der Waals surface area contributed by atoms with E-state index in [4.69, 9.17) is 4.74 Å². The van der Waals surface area contributed by atoms with Gasteiger partial charge in [0.15, 0.2) is 9.84 Å². The molecule has 1 amide bonds. The highest BCUT2D eigenvalue weighted by molar-refractivity contribution is 7.91. The average Bonchev–Trinajstić information content (AvgIpc) is 2.78. The van der Waals surface area contributed by atoms with Gasteiger partial charge in [-0.2, -0.15) is 13.2 Å². The Morgan fingerprint density at radius 1 is 1.16 bits per heavy atom. The maximum atomic E-state index is 13.6. The van der Waals surface area contributed by atoms with Crippen LogP contribution in [0.25, 0.3) is 0 Å². The number of halogens is 6. The van der Waals surface area contributed by atoms with Crippen LogP contribution in [0.3, 0.4) is 0 Å². The molecule has 0 aliphatic carbocycles. The third-order valence-electron chi connectivity index (χ3n) is 4.97. The van der Waals surface area contributed by atoms with Gasteiger partial charge in [-0.05, 0) is 36.8 Å². The van der Waals surface area contributed by atoms with Crippen LogP contribution < -0.4 is 9.64 Å². The maximum absolute atomic E-state index is 13.6. The van der Waals surface area contributed by atoms with E-state index in [-0.39, 0.29) is 5.69 Å². The highest BCUT2D eigenvalue weighted by atomic mass is 32.2. The molecule has 5 nitrogen and oxygen atoms in total. The molecule has 1 atom stereocenters. The van der Waals surface area contributed by atoms with Crippen molar-refractivity contribution in [2.45, 2.75) is 30.3 Å². The fraction of sp³-hybridized carbons (Fsp3) is 0.350. The van der Waals surface area contributed by atoms with Crippen molar-refractivity contribution in [3.63, 3.8) is 0 Å². The van der Waals surface area contributed by atoms with Gasteiger partial charge in [-0.15, -0.1) is 0 Å². The van der Waals surface area contributed by atoms with Gasteiger partial charge in [-0.3, -0.25) is 9.69 Å². The minimum Gasteiger partial charge on any atom is -0.496 e. The predicted molar refractivity (Wildman–Crippen MR) is 102 cm³/mol. The summed E-state index contributed by atoms with van der Waals surface area (Å²) in [4.78, 5) is 13.3. The zero-order valence-corrected chi connectivity index (χ0v) is 17.3. The monoisotopic (exact) mass is 481 g/mol. The lowest BCUT2D eigenvalue weighted by Gasteiger charge is -2.26. The van der Waals surface area contributed by atoms with Crippen molar-refractivity contribution in [3.05, 3.63) is 47.8 Å². The number of nitrogens with zero attached hydrogens (tertiary/aromatic N) is 1.